The Balaban J connectivity index is 2.11. The smallest absolute Gasteiger partial charge is 0.255 e. The Morgan fingerprint density at radius 1 is 1.14 bits per heavy atom. The zero-order chi connectivity index (χ0) is 15.4. The molecule has 2 rings (SSSR count). The Labute approximate surface area is 123 Å². The lowest BCUT2D eigenvalue weighted by atomic mass is 10.1. The molecule has 0 aliphatic heterocycles. The molecular weight excluding hydrogens is 269 g/mol. The number of aryl methyl sites for hydroxylation is 1. The number of hydrogen-bond donors (Lipinski definition) is 1. The van der Waals surface area contributed by atoms with E-state index in [9.17, 15) is 9.18 Å². The number of carbonyl (C=O) groups excluding carboxylic acids is 1. The second kappa shape index (κ2) is 6.39. The summed E-state index contributed by atoms with van der Waals surface area (Å²) in [7, 11) is 0. The van der Waals surface area contributed by atoms with Crippen molar-refractivity contribution in [1.82, 2.24) is 0 Å². The summed E-state index contributed by atoms with van der Waals surface area (Å²) in [5, 5.41) is 2.71. The van der Waals surface area contributed by atoms with Crippen molar-refractivity contribution in [2.45, 2.75) is 26.9 Å². The third-order valence-corrected chi connectivity index (χ3v) is 2.94. The SMILES string of the molecule is Cc1ccc(F)cc1NC(=O)c1ccc(OC(C)C)cc1. The summed E-state index contributed by atoms with van der Waals surface area (Å²) < 4.78 is 18.7. The van der Waals surface area contributed by atoms with Crippen LogP contribution in [0, 0.1) is 12.7 Å². The number of amides is 1. The summed E-state index contributed by atoms with van der Waals surface area (Å²) in [5.41, 5.74) is 1.78. The van der Waals surface area contributed by atoms with Crippen molar-refractivity contribution in [1.29, 1.82) is 0 Å². The Bertz CT molecular complexity index is 636. The predicted octanol–water partition coefficient (Wildman–Crippen LogP) is 4.17. The molecule has 0 saturated carbocycles. The molecule has 0 saturated heterocycles. The fourth-order valence-electron chi connectivity index (χ4n) is 1.88. The molecule has 0 aliphatic rings. The van der Waals surface area contributed by atoms with Crippen molar-refractivity contribution in [2.75, 3.05) is 5.32 Å². The first kappa shape index (κ1) is 15.0. The lowest BCUT2D eigenvalue weighted by molar-refractivity contribution is 0.102. The molecule has 0 radical (unpaired) electrons. The molecule has 1 amide bonds. The van der Waals surface area contributed by atoms with E-state index in [1.165, 1.54) is 12.1 Å². The van der Waals surface area contributed by atoms with Crippen molar-refractivity contribution >= 4 is 11.6 Å². The minimum Gasteiger partial charge on any atom is -0.491 e. The van der Waals surface area contributed by atoms with E-state index in [-0.39, 0.29) is 17.8 Å². The molecule has 0 aromatic heterocycles. The van der Waals surface area contributed by atoms with Crippen LogP contribution >= 0.6 is 0 Å². The van der Waals surface area contributed by atoms with Crippen LogP contribution in [-0.4, -0.2) is 12.0 Å². The van der Waals surface area contributed by atoms with E-state index in [4.69, 9.17) is 4.74 Å². The summed E-state index contributed by atoms with van der Waals surface area (Å²) >= 11 is 0. The first-order chi connectivity index (χ1) is 9.95. The van der Waals surface area contributed by atoms with Crippen molar-refractivity contribution in [2.24, 2.45) is 0 Å². The molecular formula is C17H18FNO2. The van der Waals surface area contributed by atoms with Gasteiger partial charge in [-0.1, -0.05) is 6.07 Å². The highest BCUT2D eigenvalue weighted by atomic mass is 19.1. The number of hydrogen-bond acceptors (Lipinski definition) is 2. The van der Waals surface area contributed by atoms with Gasteiger partial charge in [0, 0.05) is 11.3 Å². The van der Waals surface area contributed by atoms with Crippen molar-refractivity contribution in [3.63, 3.8) is 0 Å². The molecule has 1 N–H and O–H groups in total. The van der Waals surface area contributed by atoms with Gasteiger partial charge in [0.1, 0.15) is 11.6 Å². The summed E-state index contributed by atoms with van der Waals surface area (Å²) in [6.07, 6.45) is 0.0830. The fourth-order valence-corrected chi connectivity index (χ4v) is 1.88. The van der Waals surface area contributed by atoms with Gasteiger partial charge in [0.25, 0.3) is 5.91 Å². The second-order valence-electron chi connectivity index (χ2n) is 5.10. The molecule has 0 unspecified atom stereocenters. The van der Waals surface area contributed by atoms with E-state index in [0.717, 1.165) is 5.56 Å². The first-order valence-corrected chi connectivity index (χ1v) is 6.80. The van der Waals surface area contributed by atoms with Crippen LogP contribution in [0.4, 0.5) is 10.1 Å². The zero-order valence-corrected chi connectivity index (χ0v) is 12.3. The van der Waals surface area contributed by atoms with Crippen molar-refractivity contribution < 1.29 is 13.9 Å². The Morgan fingerprint density at radius 2 is 1.81 bits per heavy atom. The standard InChI is InChI=1S/C17H18FNO2/c1-11(2)21-15-8-5-13(6-9-15)17(20)19-16-10-14(18)7-4-12(16)3/h4-11H,1-3H3,(H,19,20). The maximum Gasteiger partial charge on any atom is 0.255 e. The van der Waals surface area contributed by atoms with E-state index in [1.807, 2.05) is 20.8 Å². The van der Waals surface area contributed by atoms with Crippen LogP contribution in [0.1, 0.15) is 29.8 Å². The topological polar surface area (TPSA) is 38.3 Å². The van der Waals surface area contributed by atoms with Gasteiger partial charge in [-0.15, -0.1) is 0 Å². The van der Waals surface area contributed by atoms with Gasteiger partial charge < -0.3 is 10.1 Å². The van der Waals surface area contributed by atoms with Crippen LogP contribution in [0.3, 0.4) is 0 Å². The highest BCUT2D eigenvalue weighted by molar-refractivity contribution is 6.04. The van der Waals surface area contributed by atoms with Gasteiger partial charge in [-0.25, -0.2) is 4.39 Å². The third kappa shape index (κ3) is 4.05. The lowest BCUT2D eigenvalue weighted by Crippen LogP contribution is -2.13. The minimum absolute atomic E-state index is 0.0830. The highest BCUT2D eigenvalue weighted by Crippen LogP contribution is 2.18. The number of halogens is 1. The van der Waals surface area contributed by atoms with Crippen LogP contribution in [0.2, 0.25) is 0 Å². The van der Waals surface area contributed by atoms with Crippen molar-refractivity contribution in [3.8, 4) is 5.75 Å². The molecule has 110 valence electrons. The van der Waals surface area contributed by atoms with E-state index in [2.05, 4.69) is 5.32 Å². The Hall–Kier alpha value is -2.36. The zero-order valence-electron chi connectivity index (χ0n) is 12.3. The minimum atomic E-state index is -0.378. The van der Waals surface area contributed by atoms with Gasteiger partial charge in [0.15, 0.2) is 0 Å². The first-order valence-electron chi connectivity index (χ1n) is 6.80. The van der Waals surface area contributed by atoms with Gasteiger partial charge in [-0.05, 0) is 62.7 Å². The molecule has 4 heteroatoms. The quantitative estimate of drug-likeness (QED) is 0.916. The average molecular weight is 287 g/mol. The van der Waals surface area contributed by atoms with Crippen LogP contribution < -0.4 is 10.1 Å². The fraction of sp³-hybridized carbons (Fsp3) is 0.235. The lowest BCUT2D eigenvalue weighted by Gasteiger charge is -2.11. The highest BCUT2D eigenvalue weighted by Gasteiger charge is 2.09. The Morgan fingerprint density at radius 3 is 2.43 bits per heavy atom. The van der Waals surface area contributed by atoms with Crippen LogP contribution in [0.25, 0.3) is 0 Å². The van der Waals surface area contributed by atoms with E-state index >= 15 is 0 Å². The molecule has 0 bridgehead atoms. The average Bonchev–Trinajstić information content (AvgIpc) is 2.43. The van der Waals surface area contributed by atoms with E-state index < -0.39 is 0 Å². The van der Waals surface area contributed by atoms with Gasteiger partial charge >= 0.3 is 0 Å². The monoisotopic (exact) mass is 287 g/mol. The summed E-state index contributed by atoms with van der Waals surface area (Å²) in [6.45, 7) is 5.69. The number of anilines is 1. The summed E-state index contributed by atoms with van der Waals surface area (Å²) in [5.74, 6) is 0.0554. The number of nitrogens with one attached hydrogen (secondary N) is 1. The maximum absolute atomic E-state index is 13.2. The Kier molecular flexibility index (Phi) is 4.58. The molecule has 0 fully saturated rings. The van der Waals surface area contributed by atoms with Crippen molar-refractivity contribution in [3.05, 3.63) is 59.4 Å². The van der Waals surface area contributed by atoms with E-state index in [0.29, 0.717) is 17.0 Å². The molecule has 2 aromatic carbocycles. The van der Waals surface area contributed by atoms with Crippen LogP contribution in [0.5, 0.6) is 5.75 Å². The molecule has 0 aliphatic carbocycles. The van der Waals surface area contributed by atoms with Gasteiger partial charge in [-0.3, -0.25) is 4.79 Å². The van der Waals surface area contributed by atoms with Crippen LogP contribution in [0.15, 0.2) is 42.5 Å². The van der Waals surface area contributed by atoms with Crippen LogP contribution in [-0.2, 0) is 0 Å². The van der Waals surface area contributed by atoms with Gasteiger partial charge in [0.05, 0.1) is 6.10 Å². The number of ether oxygens (including phenoxy) is 1. The largest absolute Gasteiger partial charge is 0.491 e. The third-order valence-electron chi connectivity index (χ3n) is 2.94. The molecule has 21 heavy (non-hydrogen) atoms. The predicted molar refractivity (Wildman–Crippen MR) is 81.3 cm³/mol. The second-order valence-corrected chi connectivity index (χ2v) is 5.10. The summed E-state index contributed by atoms with van der Waals surface area (Å²) in [6, 6.07) is 11.2. The number of rotatable bonds is 4. The maximum atomic E-state index is 13.2. The molecule has 0 spiro atoms. The molecule has 0 heterocycles. The number of carbonyl (C=O) groups is 1. The molecule has 0 atom stereocenters. The number of benzene rings is 2. The van der Waals surface area contributed by atoms with Gasteiger partial charge in [-0.2, -0.15) is 0 Å². The van der Waals surface area contributed by atoms with E-state index in [1.54, 1.807) is 30.3 Å². The summed E-state index contributed by atoms with van der Waals surface area (Å²) in [4.78, 5) is 12.1. The van der Waals surface area contributed by atoms with Gasteiger partial charge in [0.2, 0.25) is 0 Å². The molecule has 2 aromatic rings. The molecule has 3 nitrogen and oxygen atoms in total. The normalized spacial score (nSPS) is 10.5.